The zero-order chi connectivity index (χ0) is 11.8. The Morgan fingerprint density at radius 1 is 1.29 bits per heavy atom. The van der Waals surface area contributed by atoms with Crippen molar-refractivity contribution in [3.05, 3.63) is 34.5 Å². The van der Waals surface area contributed by atoms with Crippen LogP contribution in [0.5, 0.6) is 0 Å². The van der Waals surface area contributed by atoms with E-state index in [2.05, 4.69) is 5.32 Å². The fourth-order valence-corrected chi connectivity index (χ4v) is 2.78. The molecule has 0 aliphatic carbocycles. The van der Waals surface area contributed by atoms with Crippen LogP contribution in [0.25, 0.3) is 11.0 Å². The fourth-order valence-electron chi connectivity index (χ4n) is 2.62. The van der Waals surface area contributed by atoms with E-state index < -0.39 is 0 Å². The minimum Gasteiger partial charge on any atom is -0.464 e. The lowest BCUT2D eigenvalue weighted by atomic mass is 9.90. The molecule has 3 heteroatoms. The Bertz CT molecular complexity index is 540. The van der Waals surface area contributed by atoms with Gasteiger partial charge in [-0.05, 0) is 56.5 Å². The summed E-state index contributed by atoms with van der Waals surface area (Å²) in [6, 6.07) is 4.08. The lowest BCUT2D eigenvalue weighted by Crippen LogP contribution is -2.26. The summed E-state index contributed by atoms with van der Waals surface area (Å²) in [6.07, 6.45) is 4.27. The number of hydrogen-bond donors (Lipinski definition) is 1. The van der Waals surface area contributed by atoms with Crippen molar-refractivity contribution in [1.82, 2.24) is 5.32 Å². The highest BCUT2D eigenvalue weighted by Gasteiger charge is 2.20. The number of halogens is 1. The molecule has 1 aliphatic rings. The second kappa shape index (κ2) is 4.35. The van der Waals surface area contributed by atoms with E-state index in [9.17, 15) is 0 Å². The van der Waals surface area contributed by atoms with Gasteiger partial charge in [-0.1, -0.05) is 11.6 Å². The molecule has 1 saturated heterocycles. The molecule has 0 saturated carbocycles. The van der Waals surface area contributed by atoms with Crippen LogP contribution in [-0.2, 0) is 0 Å². The smallest absolute Gasteiger partial charge is 0.134 e. The Morgan fingerprint density at radius 3 is 2.82 bits per heavy atom. The molecule has 1 aliphatic heterocycles. The maximum atomic E-state index is 6.20. The van der Waals surface area contributed by atoms with Crippen molar-refractivity contribution >= 4 is 22.6 Å². The largest absolute Gasteiger partial charge is 0.464 e. The van der Waals surface area contributed by atoms with Crippen molar-refractivity contribution in [3.8, 4) is 0 Å². The van der Waals surface area contributed by atoms with Gasteiger partial charge in [0, 0.05) is 16.0 Å². The Hall–Kier alpha value is -0.990. The van der Waals surface area contributed by atoms with Crippen molar-refractivity contribution in [2.45, 2.75) is 25.7 Å². The molecule has 2 heterocycles. The fraction of sp³-hybridized carbons (Fsp3) is 0.429. The average Bonchev–Trinajstić information content (AvgIpc) is 2.74. The standard InChI is InChI=1S/C14H16ClNO/c1-9-6-14-11(7-13(9)15)12(8-17-14)10-2-4-16-5-3-10/h6-8,10,16H,2-5H2,1H3. The van der Waals surface area contributed by atoms with E-state index in [1.165, 1.54) is 23.8 Å². The number of benzene rings is 1. The lowest BCUT2D eigenvalue weighted by Gasteiger charge is -2.21. The molecule has 0 amide bonds. The molecule has 3 rings (SSSR count). The van der Waals surface area contributed by atoms with E-state index in [0.717, 1.165) is 29.3 Å². The Balaban J connectivity index is 2.07. The van der Waals surface area contributed by atoms with Gasteiger partial charge in [-0.15, -0.1) is 0 Å². The summed E-state index contributed by atoms with van der Waals surface area (Å²) in [5, 5.41) is 5.40. The van der Waals surface area contributed by atoms with E-state index in [0.29, 0.717) is 5.92 Å². The van der Waals surface area contributed by atoms with Crippen molar-refractivity contribution in [2.24, 2.45) is 0 Å². The van der Waals surface area contributed by atoms with Gasteiger partial charge in [0.25, 0.3) is 0 Å². The highest BCUT2D eigenvalue weighted by molar-refractivity contribution is 6.32. The summed E-state index contributed by atoms with van der Waals surface area (Å²) in [6.45, 7) is 4.20. The second-order valence-corrected chi connectivity index (χ2v) is 5.22. The quantitative estimate of drug-likeness (QED) is 0.830. The van der Waals surface area contributed by atoms with Gasteiger partial charge in [0.15, 0.2) is 0 Å². The number of rotatable bonds is 1. The van der Waals surface area contributed by atoms with Gasteiger partial charge in [0.2, 0.25) is 0 Å². The minimum atomic E-state index is 0.608. The summed E-state index contributed by atoms with van der Waals surface area (Å²) >= 11 is 6.20. The van der Waals surface area contributed by atoms with Crippen LogP contribution in [0, 0.1) is 6.92 Å². The number of furan rings is 1. The Labute approximate surface area is 106 Å². The van der Waals surface area contributed by atoms with Gasteiger partial charge in [0.1, 0.15) is 5.58 Å². The molecule has 1 aromatic heterocycles. The van der Waals surface area contributed by atoms with Crippen LogP contribution in [0.4, 0.5) is 0 Å². The van der Waals surface area contributed by atoms with Crippen molar-refractivity contribution in [2.75, 3.05) is 13.1 Å². The zero-order valence-corrected chi connectivity index (χ0v) is 10.7. The summed E-state index contributed by atoms with van der Waals surface area (Å²) in [4.78, 5) is 0. The minimum absolute atomic E-state index is 0.608. The number of nitrogens with one attached hydrogen (secondary N) is 1. The third-order valence-corrected chi connectivity index (χ3v) is 4.07. The average molecular weight is 250 g/mol. The molecule has 0 radical (unpaired) electrons. The molecule has 0 spiro atoms. The maximum Gasteiger partial charge on any atom is 0.134 e. The number of piperidine rings is 1. The first-order valence-corrected chi connectivity index (χ1v) is 6.51. The molecule has 2 nitrogen and oxygen atoms in total. The molecule has 90 valence electrons. The Kier molecular flexibility index (Phi) is 2.85. The van der Waals surface area contributed by atoms with E-state index in [4.69, 9.17) is 16.0 Å². The molecule has 17 heavy (non-hydrogen) atoms. The van der Waals surface area contributed by atoms with Gasteiger partial charge in [0.05, 0.1) is 6.26 Å². The highest BCUT2D eigenvalue weighted by atomic mass is 35.5. The van der Waals surface area contributed by atoms with Crippen molar-refractivity contribution < 1.29 is 4.42 Å². The molecule has 2 aromatic rings. The number of aryl methyl sites for hydroxylation is 1. The normalized spacial score (nSPS) is 17.8. The lowest BCUT2D eigenvalue weighted by molar-refractivity contribution is 0.457. The highest BCUT2D eigenvalue weighted by Crippen LogP contribution is 2.35. The second-order valence-electron chi connectivity index (χ2n) is 4.81. The first-order chi connectivity index (χ1) is 8.25. The molecular formula is C14H16ClNO. The van der Waals surface area contributed by atoms with E-state index in [1.54, 1.807) is 0 Å². The monoisotopic (exact) mass is 249 g/mol. The van der Waals surface area contributed by atoms with Crippen LogP contribution in [0.2, 0.25) is 5.02 Å². The van der Waals surface area contributed by atoms with E-state index >= 15 is 0 Å². The van der Waals surface area contributed by atoms with Crippen LogP contribution in [-0.4, -0.2) is 13.1 Å². The van der Waals surface area contributed by atoms with Gasteiger partial charge in [-0.2, -0.15) is 0 Å². The van der Waals surface area contributed by atoms with Gasteiger partial charge < -0.3 is 9.73 Å². The molecular weight excluding hydrogens is 234 g/mol. The van der Waals surface area contributed by atoms with E-state index in [-0.39, 0.29) is 0 Å². The molecule has 1 aromatic carbocycles. The SMILES string of the molecule is Cc1cc2occ(C3CCNCC3)c2cc1Cl. The first kappa shape index (κ1) is 11.1. The molecule has 0 atom stereocenters. The van der Waals surface area contributed by atoms with Crippen LogP contribution in [0.15, 0.2) is 22.8 Å². The van der Waals surface area contributed by atoms with Gasteiger partial charge >= 0.3 is 0 Å². The summed E-state index contributed by atoms with van der Waals surface area (Å²) in [7, 11) is 0. The van der Waals surface area contributed by atoms with Crippen LogP contribution < -0.4 is 5.32 Å². The summed E-state index contributed by atoms with van der Waals surface area (Å²) in [5.41, 5.74) is 3.36. The number of hydrogen-bond acceptors (Lipinski definition) is 2. The molecule has 1 N–H and O–H groups in total. The third-order valence-electron chi connectivity index (χ3n) is 3.66. The molecule has 0 unspecified atom stereocenters. The summed E-state index contributed by atoms with van der Waals surface area (Å²) in [5.74, 6) is 0.608. The number of fused-ring (bicyclic) bond motifs is 1. The molecule has 0 bridgehead atoms. The van der Waals surface area contributed by atoms with Crippen LogP contribution >= 0.6 is 11.6 Å². The van der Waals surface area contributed by atoms with E-state index in [1.807, 2.05) is 25.3 Å². The van der Waals surface area contributed by atoms with Gasteiger partial charge in [-0.3, -0.25) is 0 Å². The predicted molar refractivity (Wildman–Crippen MR) is 70.8 cm³/mol. The van der Waals surface area contributed by atoms with Crippen LogP contribution in [0.3, 0.4) is 0 Å². The Morgan fingerprint density at radius 2 is 2.06 bits per heavy atom. The zero-order valence-electron chi connectivity index (χ0n) is 9.92. The molecule has 1 fully saturated rings. The van der Waals surface area contributed by atoms with Gasteiger partial charge in [-0.25, -0.2) is 0 Å². The van der Waals surface area contributed by atoms with Crippen LogP contribution in [0.1, 0.15) is 29.9 Å². The van der Waals surface area contributed by atoms with Crippen molar-refractivity contribution in [3.63, 3.8) is 0 Å². The third kappa shape index (κ3) is 1.96. The topological polar surface area (TPSA) is 25.2 Å². The van der Waals surface area contributed by atoms with Crippen molar-refractivity contribution in [1.29, 1.82) is 0 Å². The maximum absolute atomic E-state index is 6.20. The predicted octanol–water partition coefficient (Wildman–Crippen LogP) is 3.86. The summed E-state index contributed by atoms with van der Waals surface area (Å²) < 4.78 is 5.66. The first-order valence-electron chi connectivity index (χ1n) is 6.13.